The number of fused-ring (bicyclic) bond motifs is 1. The van der Waals surface area contributed by atoms with Crippen molar-refractivity contribution in [3.05, 3.63) is 29.3 Å². The molecule has 2 saturated heterocycles. The Morgan fingerprint density at radius 2 is 1.94 bits per heavy atom. The van der Waals surface area contributed by atoms with Crippen LogP contribution in [0.3, 0.4) is 0 Å². The highest BCUT2D eigenvalue weighted by atomic mass is 15.3. The van der Waals surface area contributed by atoms with Crippen molar-refractivity contribution in [2.24, 2.45) is 0 Å². The summed E-state index contributed by atoms with van der Waals surface area (Å²) in [4.78, 5) is 5.29. The van der Waals surface area contributed by atoms with Crippen molar-refractivity contribution in [1.82, 2.24) is 4.90 Å². The Hall–Kier alpha value is -1.02. The Balaban J connectivity index is 1.84. The molecule has 2 heterocycles. The van der Waals surface area contributed by atoms with Crippen LogP contribution in [0.25, 0.3) is 0 Å². The molecule has 1 aromatic carbocycles. The normalized spacial score (nSPS) is 28.5. The van der Waals surface area contributed by atoms with E-state index in [-0.39, 0.29) is 0 Å². The predicted octanol–water partition coefficient (Wildman–Crippen LogP) is 2.98. The van der Waals surface area contributed by atoms with Crippen LogP contribution in [0.1, 0.15) is 30.9 Å². The fourth-order valence-corrected chi connectivity index (χ4v) is 3.45. The van der Waals surface area contributed by atoms with Crippen molar-refractivity contribution >= 4 is 5.69 Å². The minimum absolute atomic E-state index is 0.640. The summed E-state index contributed by atoms with van der Waals surface area (Å²) in [6, 6.07) is 8.35. The van der Waals surface area contributed by atoms with E-state index in [2.05, 4.69) is 48.8 Å². The zero-order valence-electron chi connectivity index (χ0n) is 11.8. The first-order chi connectivity index (χ1) is 8.65. The number of benzene rings is 1. The van der Waals surface area contributed by atoms with Crippen LogP contribution in [-0.2, 0) is 0 Å². The van der Waals surface area contributed by atoms with Crippen molar-refractivity contribution in [2.75, 3.05) is 24.5 Å². The summed E-state index contributed by atoms with van der Waals surface area (Å²) < 4.78 is 0. The molecular weight excluding hydrogens is 220 g/mol. The minimum Gasteiger partial charge on any atom is -0.366 e. The first-order valence-electron chi connectivity index (χ1n) is 7.23. The molecule has 0 bridgehead atoms. The molecule has 98 valence electrons. The van der Waals surface area contributed by atoms with Crippen molar-refractivity contribution in [1.29, 1.82) is 0 Å². The van der Waals surface area contributed by atoms with Gasteiger partial charge in [-0.25, -0.2) is 0 Å². The van der Waals surface area contributed by atoms with E-state index in [4.69, 9.17) is 0 Å². The van der Waals surface area contributed by atoms with Gasteiger partial charge in [0.15, 0.2) is 0 Å². The lowest BCUT2D eigenvalue weighted by atomic mass is 10.0. The Labute approximate surface area is 111 Å². The summed E-state index contributed by atoms with van der Waals surface area (Å²) in [5, 5.41) is 0. The summed E-state index contributed by atoms with van der Waals surface area (Å²) in [7, 11) is 0. The van der Waals surface area contributed by atoms with E-state index in [1.807, 2.05) is 0 Å². The van der Waals surface area contributed by atoms with Gasteiger partial charge in [0.2, 0.25) is 0 Å². The Morgan fingerprint density at radius 3 is 2.72 bits per heavy atom. The van der Waals surface area contributed by atoms with Crippen molar-refractivity contribution < 1.29 is 0 Å². The molecule has 2 heteroatoms. The maximum atomic E-state index is 2.68. The monoisotopic (exact) mass is 244 g/mol. The van der Waals surface area contributed by atoms with Crippen LogP contribution >= 0.6 is 0 Å². The van der Waals surface area contributed by atoms with E-state index in [0.29, 0.717) is 6.04 Å². The van der Waals surface area contributed by atoms with E-state index >= 15 is 0 Å². The number of aryl methyl sites for hydroxylation is 2. The highest BCUT2D eigenvalue weighted by Gasteiger charge is 2.34. The Morgan fingerprint density at radius 1 is 1.11 bits per heavy atom. The lowest BCUT2D eigenvalue weighted by Crippen LogP contribution is -2.55. The Bertz CT molecular complexity index is 441. The molecule has 18 heavy (non-hydrogen) atoms. The molecule has 0 aliphatic carbocycles. The average molecular weight is 244 g/mol. The molecule has 0 saturated carbocycles. The number of anilines is 1. The first kappa shape index (κ1) is 12.0. The largest absolute Gasteiger partial charge is 0.366 e. The second-order valence-corrected chi connectivity index (χ2v) is 6.06. The van der Waals surface area contributed by atoms with Crippen LogP contribution in [0.4, 0.5) is 5.69 Å². The predicted molar refractivity (Wildman–Crippen MR) is 77.3 cm³/mol. The number of hydrogen-bond acceptors (Lipinski definition) is 2. The average Bonchev–Trinajstić information content (AvgIpc) is 2.79. The van der Waals surface area contributed by atoms with Crippen LogP contribution < -0.4 is 4.90 Å². The van der Waals surface area contributed by atoms with Gasteiger partial charge in [0.05, 0.1) is 0 Å². The minimum atomic E-state index is 0.640. The fourth-order valence-electron chi connectivity index (χ4n) is 3.45. The van der Waals surface area contributed by atoms with Crippen LogP contribution in [0.5, 0.6) is 0 Å². The van der Waals surface area contributed by atoms with E-state index < -0.39 is 0 Å². The van der Waals surface area contributed by atoms with Gasteiger partial charge in [-0.05, 0) is 63.4 Å². The molecular formula is C16H24N2. The third-order valence-corrected chi connectivity index (χ3v) is 4.76. The maximum Gasteiger partial charge on any atom is 0.0389 e. The number of hydrogen-bond donors (Lipinski definition) is 0. The van der Waals surface area contributed by atoms with Gasteiger partial charge in [-0.15, -0.1) is 0 Å². The van der Waals surface area contributed by atoms with Crippen molar-refractivity contribution in [3.8, 4) is 0 Å². The molecule has 0 aromatic heterocycles. The van der Waals surface area contributed by atoms with Gasteiger partial charge >= 0.3 is 0 Å². The molecule has 2 fully saturated rings. The maximum absolute atomic E-state index is 2.68. The molecule has 0 N–H and O–H groups in total. The van der Waals surface area contributed by atoms with Gasteiger partial charge in [0.25, 0.3) is 0 Å². The summed E-state index contributed by atoms with van der Waals surface area (Å²) in [5.41, 5.74) is 4.22. The lowest BCUT2D eigenvalue weighted by Gasteiger charge is -2.43. The standard InChI is InChI=1S/C16H24N2/c1-12-6-7-15(9-13(12)2)18-11-16-5-4-8-17(16)10-14(18)3/h6-7,9,14,16H,4-5,8,10-11H2,1-3H3. The highest BCUT2D eigenvalue weighted by Crippen LogP contribution is 2.29. The highest BCUT2D eigenvalue weighted by molar-refractivity contribution is 5.52. The first-order valence-corrected chi connectivity index (χ1v) is 7.23. The van der Waals surface area contributed by atoms with Crippen LogP contribution in [0, 0.1) is 13.8 Å². The van der Waals surface area contributed by atoms with Gasteiger partial charge in [-0.2, -0.15) is 0 Å². The zero-order chi connectivity index (χ0) is 12.7. The molecule has 1 aromatic rings. The third kappa shape index (κ3) is 2.03. The summed E-state index contributed by atoms with van der Waals surface area (Å²) in [5.74, 6) is 0. The van der Waals surface area contributed by atoms with E-state index in [1.54, 1.807) is 0 Å². The summed E-state index contributed by atoms with van der Waals surface area (Å²) >= 11 is 0. The second kappa shape index (κ2) is 4.58. The zero-order valence-corrected chi connectivity index (χ0v) is 11.8. The smallest absolute Gasteiger partial charge is 0.0389 e. The lowest BCUT2D eigenvalue weighted by molar-refractivity contribution is 0.203. The van der Waals surface area contributed by atoms with Crippen LogP contribution in [0.2, 0.25) is 0 Å². The van der Waals surface area contributed by atoms with E-state index in [9.17, 15) is 0 Å². The molecule has 2 aliphatic rings. The van der Waals surface area contributed by atoms with Gasteiger partial charge in [-0.1, -0.05) is 6.07 Å². The van der Waals surface area contributed by atoms with Gasteiger partial charge in [0.1, 0.15) is 0 Å². The van der Waals surface area contributed by atoms with Crippen LogP contribution in [-0.4, -0.2) is 36.6 Å². The number of nitrogens with zero attached hydrogens (tertiary/aromatic N) is 2. The molecule has 0 radical (unpaired) electrons. The van der Waals surface area contributed by atoms with Gasteiger partial charge < -0.3 is 4.90 Å². The second-order valence-electron chi connectivity index (χ2n) is 6.06. The molecule has 0 amide bonds. The number of rotatable bonds is 1. The Kier molecular flexibility index (Phi) is 3.06. The SMILES string of the molecule is Cc1ccc(N2CC3CCCN3CC2C)cc1C. The molecule has 0 spiro atoms. The summed E-state index contributed by atoms with van der Waals surface area (Å²) in [6.07, 6.45) is 2.77. The molecule has 2 unspecified atom stereocenters. The quantitative estimate of drug-likeness (QED) is 0.749. The topological polar surface area (TPSA) is 6.48 Å². The third-order valence-electron chi connectivity index (χ3n) is 4.76. The van der Waals surface area contributed by atoms with Gasteiger partial charge in [0, 0.05) is 30.9 Å². The van der Waals surface area contributed by atoms with Crippen LogP contribution in [0.15, 0.2) is 18.2 Å². The van der Waals surface area contributed by atoms with Crippen molar-refractivity contribution in [2.45, 2.75) is 45.7 Å². The van der Waals surface area contributed by atoms with E-state index in [0.717, 1.165) is 6.04 Å². The van der Waals surface area contributed by atoms with E-state index in [1.165, 1.54) is 49.3 Å². The number of piperazine rings is 1. The summed E-state index contributed by atoms with van der Waals surface area (Å²) in [6.45, 7) is 10.5. The van der Waals surface area contributed by atoms with Crippen molar-refractivity contribution in [3.63, 3.8) is 0 Å². The molecule has 2 nitrogen and oxygen atoms in total. The van der Waals surface area contributed by atoms with Gasteiger partial charge in [-0.3, -0.25) is 4.90 Å². The molecule has 2 aliphatic heterocycles. The molecule has 2 atom stereocenters. The molecule has 3 rings (SSSR count). The fraction of sp³-hybridized carbons (Fsp3) is 0.625.